The van der Waals surface area contributed by atoms with Crippen molar-refractivity contribution in [1.29, 1.82) is 0 Å². The Kier molecular flexibility index (Phi) is 6.38. The minimum Gasteiger partial charge on any atom is -0.489 e. The van der Waals surface area contributed by atoms with Gasteiger partial charge in [0.15, 0.2) is 0 Å². The molecule has 0 saturated heterocycles. The number of hydrogen-bond donors (Lipinski definition) is 0. The van der Waals surface area contributed by atoms with Crippen molar-refractivity contribution >= 4 is 28.4 Å². The molecule has 1 saturated carbocycles. The fourth-order valence-corrected chi connectivity index (χ4v) is 4.46. The number of nitrogens with zero attached hydrogens (tertiary/aromatic N) is 2. The lowest BCUT2D eigenvalue weighted by molar-refractivity contribution is -0.134. The number of amides is 1. The molecule has 32 heavy (non-hydrogen) atoms. The van der Waals surface area contributed by atoms with E-state index < -0.39 is 0 Å². The van der Waals surface area contributed by atoms with Gasteiger partial charge >= 0.3 is 0 Å². The van der Waals surface area contributed by atoms with Gasteiger partial charge in [0, 0.05) is 48.0 Å². The highest BCUT2D eigenvalue weighted by Crippen LogP contribution is 2.43. The summed E-state index contributed by atoms with van der Waals surface area (Å²) in [5.74, 6) is 0.912. The maximum absolute atomic E-state index is 13.7. The lowest BCUT2D eigenvalue weighted by Gasteiger charge is -2.26. The number of pyridine rings is 1. The third-order valence-corrected chi connectivity index (χ3v) is 7.05. The monoisotopic (exact) mass is 454 g/mol. The first kappa shape index (κ1) is 22.5. The Morgan fingerprint density at radius 3 is 2.62 bits per heavy atom. The first-order valence-electron chi connectivity index (χ1n) is 11.0. The zero-order valence-corrected chi connectivity index (χ0v) is 19.5. The highest BCUT2D eigenvalue weighted by atomic mass is 35.5. The molecule has 1 heterocycles. The van der Waals surface area contributed by atoms with Crippen LogP contribution in [0.3, 0.4) is 0 Å². The lowest BCUT2D eigenvalue weighted by atomic mass is 9.88. The van der Waals surface area contributed by atoms with Gasteiger partial charge in [0.1, 0.15) is 17.7 Å². The second-order valence-electron chi connectivity index (χ2n) is 8.92. The minimum absolute atomic E-state index is 0.0110. The van der Waals surface area contributed by atoms with Gasteiger partial charge in [-0.2, -0.15) is 0 Å². The molecular weight excluding hydrogens is 427 g/mol. The average molecular weight is 455 g/mol. The van der Waals surface area contributed by atoms with Crippen molar-refractivity contribution in [2.24, 2.45) is 17.8 Å². The Labute approximate surface area is 193 Å². The van der Waals surface area contributed by atoms with Crippen LogP contribution in [-0.4, -0.2) is 35.5 Å². The van der Waals surface area contributed by atoms with Crippen molar-refractivity contribution in [3.63, 3.8) is 0 Å². The molecule has 0 spiro atoms. The Morgan fingerprint density at radius 2 is 1.91 bits per heavy atom. The van der Waals surface area contributed by atoms with Crippen molar-refractivity contribution in [2.45, 2.75) is 32.8 Å². The third-order valence-electron chi connectivity index (χ3n) is 6.80. The van der Waals surface area contributed by atoms with Gasteiger partial charge in [0.2, 0.25) is 5.91 Å². The molecule has 3 aromatic rings. The summed E-state index contributed by atoms with van der Waals surface area (Å²) in [6.45, 7) is 6.79. The van der Waals surface area contributed by atoms with E-state index in [1.807, 2.05) is 43.1 Å². The minimum atomic E-state index is -0.315. The van der Waals surface area contributed by atoms with Crippen LogP contribution in [0.25, 0.3) is 10.9 Å². The Balaban J connectivity index is 1.39. The van der Waals surface area contributed by atoms with Gasteiger partial charge in [-0.25, -0.2) is 4.39 Å². The number of hydrogen-bond acceptors (Lipinski definition) is 3. The highest BCUT2D eigenvalue weighted by molar-refractivity contribution is 6.30. The molecule has 0 aliphatic heterocycles. The van der Waals surface area contributed by atoms with Crippen molar-refractivity contribution < 1.29 is 13.9 Å². The fraction of sp³-hybridized carbons (Fsp3) is 0.385. The Hall–Kier alpha value is -2.66. The number of benzene rings is 2. The molecule has 5 unspecified atom stereocenters. The maximum atomic E-state index is 13.7. The van der Waals surface area contributed by atoms with Crippen LogP contribution >= 0.6 is 11.6 Å². The van der Waals surface area contributed by atoms with Gasteiger partial charge in [-0.3, -0.25) is 9.78 Å². The molecule has 0 N–H and O–H groups in total. The normalized spacial score (nSPS) is 21.8. The summed E-state index contributed by atoms with van der Waals surface area (Å²) >= 11 is 5.99. The van der Waals surface area contributed by atoms with Crippen LogP contribution in [0.15, 0.2) is 54.7 Å². The Morgan fingerprint density at radius 1 is 1.19 bits per heavy atom. The molecule has 1 fully saturated rings. The van der Waals surface area contributed by atoms with Gasteiger partial charge in [0.25, 0.3) is 0 Å². The molecule has 168 valence electrons. The van der Waals surface area contributed by atoms with E-state index in [1.54, 1.807) is 18.3 Å². The SMILES string of the molecule is CC(C(=O)N(C)CC1C(C)C1Oc1ccnc2ccc(F)cc12)C(C)c1ccc(Cl)cc1. The van der Waals surface area contributed by atoms with E-state index in [-0.39, 0.29) is 35.6 Å². The average Bonchev–Trinajstić information content (AvgIpc) is 3.39. The van der Waals surface area contributed by atoms with Crippen LogP contribution < -0.4 is 4.74 Å². The molecular formula is C26H28ClFN2O2. The van der Waals surface area contributed by atoms with E-state index in [4.69, 9.17) is 16.3 Å². The van der Waals surface area contributed by atoms with Crippen molar-refractivity contribution in [1.82, 2.24) is 9.88 Å². The molecule has 1 amide bonds. The largest absolute Gasteiger partial charge is 0.489 e. The van der Waals surface area contributed by atoms with Crippen LogP contribution in [0.1, 0.15) is 32.3 Å². The summed E-state index contributed by atoms with van der Waals surface area (Å²) in [5, 5.41) is 1.36. The van der Waals surface area contributed by atoms with E-state index in [9.17, 15) is 9.18 Å². The fourth-order valence-electron chi connectivity index (χ4n) is 4.34. The number of carbonyl (C=O) groups excluding carboxylic acids is 1. The molecule has 6 heteroatoms. The number of rotatable bonds is 7. The van der Waals surface area contributed by atoms with E-state index in [0.29, 0.717) is 34.1 Å². The van der Waals surface area contributed by atoms with Gasteiger partial charge in [0.05, 0.1) is 5.52 Å². The van der Waals surface area contributed by atoms with Gasteiger partial charge < -0.3 is 9.64 Å². The second-order valence-corrected chi connectivity index (χ2v) is 9.36. The summed E-state index contributed by atoms with van der Waals surface area (Å²) in [7, 11) is 1.85. The summed E-state index contributed by atoms with van der Waals surface area (Å²) in [4.78, 5) is 19.2. The number of halogens is 2. The van der Waals surface area contributed by atoms with Crippen LogP contribution in [-0.2, 0) is 4.79 Å². The molecule has 5 atom stereocenters. The zero-order valence-electron chi connectivity index (χ0n) is 18.8. The zero-order chi connectivity index (χ0) is 23.0. The number of fused-ring (bicyclic) bond motifs is 1. The van der Waals surface area contributed by atoms with Crippen LogP contribution in [0.2, 0.25) is 5.02 Å². The lowest BCUT2D eigenvalue weighted by Crippen LogP contribution is -2.36. The third kappa shape index (κ3) is 4.58. The van der Waals surface area contributed by atoms with Crippen LogP contribution in [0.5, 0.6) is 5.75 Å². The summed E-state index contributed by atoms with van der Waals surface area (Å²) in [5.41, 5.74) is 1.80. The van der Waals surface area contributed by atoms with Gasteiger partial charge in [-0.05, 0) is 47.9 Å². The molecule has 1 aliphatic rings. The van der Waals surface area contributed by atoms with Gasteiger partial charge in [-0.1, -0.05) is 44.5 Å². The first-order chi connectivity index (χ1) is 15.3. The van der Waals surface area contributed by atoms with E-state index in [1.165, 1.54) is 12.1 Å². The van der Waals surface area contributed by atoms with Crippen LogP contribution in [0.4, 0.5) is 4.39 Å². The quantitative estimate of drug-likeness (QED) is 0.443. The number of aromatic nitrogens is 1. The molecule has 0 radical (unpaired) electrons. The predicted molar refractivity (Wildman–Crippen MR) is 125 cm³/mol. The summed E-state index contributed by atoms with van der Waals surface area (Å²) in [6.07, 6.45) is 1.66. The highest BCUT2D eigenvalue weighted by Gasteiger charge is 2.50. The van der Waals surface area contributed by atoms with Crippen molar-refractivity contribution in [3.8, 4) is 5.75 Å². The molecule has 4 nitrogen and oxygen atoms in total. The molecule has 1 aliphatic carbocycles. The number of carbonyl (C=O) groups is 1. The molecule has 1 aromatic heterocycles. The number of ether oxygens (including phenoxy) is 1. The maximum Gasteiger partial charge on any atom is 0.225 e. The van der Waals surface area contributed by atoms with E-state index in [0.717, 1.165) is 5.56 Å². The second kappa shape index (κ2) is 9.07. The van der Waals surface area contributed by atoms with E-state index in [2.05, 4.69) is 18.8 Å². The van der Waals surface area contributed by atoms with Gasteiger partial charge in [-0.15, -0.1) is 0 Å². The predicted octanol–water partition coefficient (Wildman–Crippen LogP) is 5.94. The summed E-state index contributed by atoms with van der Waals surface area (Å²) < 4.78 is 20.0. The molecule has 4 rings (SSSR count). The first-order valence-corrected chi connectivity index (χ1v) is 11.4. The Bertz CT molecular complexity index is 1120. The topological polar surface area (TPSA) is 42.4 Å². The van der Waals surface area contributed by atoms with Crippen molar-refractivity contribution in [3.05, 3.63) is 71.1 Å². The van der Waals surface area contributed by atoms with Crippen LogP contribution in [0, 0.1) is 23.6 Å². The van der Waals surface area contributed by atoms with Crippen molar-refractivity contribution in [2.75, 3.05) is 13.6 Å². The molecule has 2 aromatic carbocycles. The smallest absolute Gasteiger partial charge is 0.225 e. The standard InChI is InChI=1S/C26H28ClFN2O2/c1-15(18-5-7-19(27)8-6-18)16(2)26(31)30(4)14-22-17(3)25(22)32-24-11-12-29-23-10-9-20(28)13-21(23)24/h5-13,15-17,22,25H,14H2,1-4H3. The summed E-state index contributed by atoms with van der Waals surface area (Å²) in [6, 6.07) is 13.9. The van der Waals surface area contributed by atoms with E-state index >= 15 is 0 Å². The molecule has 0 bridgehead atoms.